The molecule has 0 aromatic heterocycles. The Balaban J connectivity index is -0.00000180. The second kappa shape index (κ2) is 16.0. The third-order valence-corrected chi connectivity index (χ3v) is 2.67. The summed E-state index contributed by atoms with van der Waals surface area (Å²) in [5, 5.41) is 29.5. The average molecular weight is 351 g/mol. The standard InChI is InChI=1S/C14H26N6.2ClH/c1-5-7-17-13(15)11(3)9-19-20-10-12(4)14(16)18-8-6-2;;/h5-6,11-12H,1-2,7-10H2,3-4H3,(H2,15,17)(H2,16,18);2*1H. The van der Waals surface area contributed by atoms with Crippen LogP contribution in [-0.4, -0.2) is 37.9 Å². The highest BCUT2D eigenvalue weighted by atomic mass is 35.5. The second-order valence-corrected chi connectivity index (χ2v) is 4.62. The largest absolute Gasteiger partial charge is 0.370 e. The first-order valence-electron chi connectivity index (χ1n) is 6.72. The fourth-order valence-electron chi connectivity index (χ4n) is 1.26. The van der Waals surface area contributed by atoms with Crippen molar-refractivity contribution in [3.05, 3.63) is 25.3 Å². The molecule has 128 valence electrons. The molecule has 2 unspecified atom stereocenters. The van der Waals surface area contributed by atoms with Crippen molar-refractivity contribution >= 4 is 36.5 Å². The zero-order valence-corrected chi connectivity index (χ0v) is 14.9. The lowest BCUT2D eigenvalue weighted by Gasteiger charge is -2.12. The summed E-state index contributed by atoms with van der Waals surface area (Å²) < 4.78 is 0. The normalized spacial score (nSPS) is 12.3. The maximum absolute atomic E-state index is 7.75. The van der Waals surface area contributed by atoms with Gasteiger partial charge < -0.3 is 10.6 Å². The first kappa shape index (κ1) is 25.5. The van der Waals surface area contributed by atoms with Crippen molar-refractivity contribution in [1.29, 1.82) is 10.8 Å². The highest BCUT2D eigenvalue weighted by molar-refractivity contribution is 5.85. The molecule has 0 heterocycles. The van der Waals surface area contributed by atoms with Crippen LogP contribution in [0.5, 0.6) is 0 Å². The van der Waals surface area contributed by atoms with Crippen LogP contribution in [0.1, 0.15) is 13.8 Å². The third kappa shape index (κ3) is 12.3. The van der Waals surface area contributed by atoms with Gasteiger partial charge in [-0.2, -0.15) is 10.2 Å². The zero-order chi connectivity index (χ0) is 15.4. The number of rotatable bonds is 10. The van der Waals surface area contributed by atoms with Crippen LogP contribution in [0.2, 0.25) is 0 Å². The fourth-order valence-corrected chi connectivity index (χ4v) is 1.26. The highest BCUT2D eigenvalue weighted by Crippen LogP contribution is 2.00. The molecule has 0 aromatic rings. The Morgan fingerprint density at radius 1 is 0.909 bits per heavy atom. The minimum atomic E-state index is 0. The van der Waals surface area contributed by atoms with E-state index in [2.05, 4.69) is 34.0 Å². The summed E-state index contributed by atoms with van der Waals surface area (Å²) in [6.45, 7) is 13.2. The van der Waals surface area contributed by atoms with Crippen molar-refractivity contribution in [3.8, 4) is 0 Å². The van der Waals surface area contributed by atoms with Crippen LogP contribution >= 0.6 is 24.8 Å². The molecule has 0 amide bonds. The predicted octanol–water partition coefficient (Wildman–Crippen LogP) is 3.06. The van der Waals surface area contributed by atoms with E-state index in [0.717, 1.165) is 0 Å². The van der Waals surface area contributed by atoms with Gasteiger partial charge in [0.15, 0.2) is 0 Å². The highest BCUT2D eigenvalue weighted by Gasteiger charge is 2.08. The van der Waals surface area contributed by atoms with Gasteiger partial charge in [0.05, 0.1) is 24.8 Å². The third-order valence-electron chi connectivity index (χ3n) is 2.67. The molecule has 0 saturated carbocycles. The van der Waals surface area contributed by atoms with E-state index in [4.69, 9.17) is 10.8 Å². The first-order valence-corrected chi connectivity index (χ1v) is 6.72. The molecule has 0 rings (SSSR count). The van der Waals surface area contributed by atoms with Crippen molar-refractivity contribution in [1.82, 2.24) is 10.6 Å². The predicted molar refractivity (Wildman–Crippen MR) is 99.3 cm³/mol. The molecular formula is C14H28Cl2N6. The number of hydrogen-bond acceptors (Lipinski definition) is 4. The molecule has 0 radical (unpaired) electrons. The van der Waals surface area contributed by atoms with Crippen molar-refractivity contribution in [2.45, 2.75) is 13.8 Å². The summed E-state index contributed by atoms with van der Waals surface area (Å²) in [5.74, 6) is 0.897. The van der Waals surface area contributed by atoms with Crippen molar-refractivity contribution in [2.75, 3.05) is 26.2 Å². The molecule has 0 aliphatic heterocycles. The maximum Gasteiger partial charge on any atom is 0.0982 e. The minimum absolute atomic E-state index is 0. The van der Waals surface area contributed by atoms with Crippen LogP contribution in [0.15, 0.2) is 35.5 Å². The molecule has 0 bridgehead atoms. The molecule has 8 heteroatoms. The Hall–Kier alpha value is -1.40. The lowest BCUT2D eigenvalue weighted by Crippen LogP contribution is -2.30. The van der Waals surface area contributed by atoms with Gasteiger partial charge in [-0.1, -0.05) is 26.0 Å². The number of azo groups is 1. The van der Waals surface area contributed by atoms with Crippen LogP contribution in [0.3, 0.4) is 0 Å². The number of amidine groups is 2. The van der Waals surface area contributed by atoms with Gasteiger partial charge in [-0.05, 0) is 0 Å². The Morgan fingerprint density at radius 3 is 1.50 bits per heavy atom. The molecule has 4 N–H and O–H groups in total. The lowest BCUT2D eigenvalue weighted by molar-refractivity contribution is 0.663. The second-order valence-electron chi connectivity index (χ2n) is 4.62. The lowest BCUT2D eigenvalue weighted by atomic mass is 10.1. The van der Waals surface area contributed by atoms with Gasteiger partial charge in [0.2, 0.25) is 0 Å². The van der Waals surface area contributed by atoms with Gasteiger partial charge in [-0.25, -0.2) is 0 Å². The van der Waals surface area contributed by atoms with Crippen LogP contribution in [-0.2, 0) is 0 Å². The number of hydrogen-bond donors (Lipinski definition) is 4. The zero-order valence-electron chi connectivity index (χ0n) is 13.3. The quantitative estimate of drug-likeness (QED) is 0.211. The molecule has 0 aromatic carbocycles. The van der Waals surface area contributed by atoms with Crippen LogP contribution in [0.4, 0.5) is 0 Å². The molecule has 2 atom stereocenters. The fraction of sp³-hybridized carbons (Fsp3) is 0.571. The monoisotopic (exact) mass is 350 g/mol. The SMILES string of the molecule is C=CCNC(=N)C(C)CN=NCC(C)C(=N)NCC=C.Cl.Cl. The summed E-state index contributed by atoms with van der Waals surface area (Å²) in [5.41, 5.74) is 0. The van der Waals surface area contributed by atoms with E-state index >= 15 is 0 Å². The first-order chi connectivity index (χ1) is 9.52. The topological polar surface area (TPSA) is 96.5 Å². The van der Waals surface area contributed by atoms with Crippen molar-refractivity contribution < 1.29 is 0 Å². The van der Waals surface area contributed by atoms with Gasteiger partial charge in [-0.15, -0.1) is 38.0 Å². The summed E-state index contributed by atoms with van der Waals surface area (Å²) in [6, 6.07) is 0. The summed E-state index contributed by atoms with van der Waals surface area (Å²) >= 11 is 0. The molecule has 0 aliphatic carbocycles. The van der Waals surface area contributed by atoms with E-state index in [-0.39, 0.29) is 36.6 Å². The molecule has 0 aliphatic rings. The summed E-state index contributed by atoms with van der Waals surface area (Å²) in [4.78, 5) is 0. The van der Waals surface area contributed by atoms with Crippen molar-refractivity contribution in [3.63, 3.8) is 0 Å². The molecule has 0 saturated heterocycles. The Kier molecular flexibility index (Phi) is 18.6. The van der Waals surface area contributed by atoms with E-state index in [1.54, 1.807) is 12.2 Å². The van der Waals surface area contributed by atoms with Gasteiger partial charge in [-0.3, -0.25) is 10.8 Å². The Labute approximate surface area is 145 Å². The average Bonchev–Trinajstić information content (AvgIpc) is 2.45. The van der Waals surface area contributed by atoms with Gasteiger partial charge >= 0.3 is 0 Å². The minimum Gasteiger partial charge on any atom is -0.370 e. The van der Waals surface area contributed by atoms with Gasteiger partial charge in [0.1, 0.15) is 0 Å². The van der Waals surface area contributed by atoms with Crippen molar-refractivity contribution in [2.24, 2.45) is 22.1 Å². The number of halogens is 2. The molecule has 0 fully saturated rings. The molecule has 22 heavy (non-hydrogen) atoms. The Bertz CT molecular complexity index is 336. The summed E-state index contributed by atoms with van der Waals surface area (Å²) in [7, 11) is 0. The maximum atomic E-state index is 7.75. The number of nitrogens with zero attached hydrogens (tertiary/aromatic N) is 2. The molecular weight excluding hydrogens is 323 g/mol. The van der Waals surface area contributed by atoms with Gasteiger partial charge in [0, 0.05) is 24.9 Å². The van der Waals surface area contributed by atoms with Crippen LogP contribution in [0.25, 0.3) is 0 Å². The molecule has 0 spiro atoms. The smallest absolute Gasteiger partial charge is 0.0982 e. The van der Waals surface area contributed by atoms with E-state index in [1.165, 1.54) is 0 Å². The molecule has 6 nitrogen and oxygen atoms in total. The number of nitrogens with one attached hydrogen (secondary N) is 4. The summed E-state index contributed by atoms with van der Waals surface area (Å²) in [6.07, 6.45) is 3.43. The van der Waals surface area contributed by atoms with Crippen LogP contribution in [0, 0.1) is 22.7 Å². The Morgan fingerprint density at radius 2 is 1.23 bits per heavy atom. The van der Waals surface area contributed by atoms with E-state index in [9.17, 15) is 0 Å². The van der Waals surface area contributed by atoms with E-state index in [0.29, 0.717) is 37.9 Å². The van der Waals surface area contributed by atoms with E-state index in [1.807, 2.05) is 13.8 Å². The van der Waals surface area contributed by atoms with Crippen LogP contribution < -0.4 is 10.6 Å². The van der Waals surface area contributed by atoms with E-state index < -0.39 is 0 Å². The van der Waals surface area contributed by atoms with Gasteiger partial charge in [0.25, 0.3) is 0 Å².